The van der Waals surface area contributed by atoms with Crippen LogP contribution in [0.1, 0.15) is 17.3 Å². The molecule has 2 aromatic carbocycles. The molecule has 0 fully saturated rings. The first kappa shape index (κ1) is 12.3. The molecule has 3 aromatic rings. The molecule has 4 heteroatoms. The zero-order chi connectivity index (χ0) is 13.9. The van der Waals surface area contributed by atoms with Gasteiger partial charge >= 0.3 is 0 Å². The van der Waals surface area contributed by atoms with Crippen molar-refractivity contribution in [1.82, 2.24) is 15.0 Å². The zero-order valence-corrected chi connectivity index (χ0v) is 11.0. The van der Waals surface area contributed by atoms with Gasteiger partial charge in [-0.3, -0.25) is 4.79 Å². The highest BCUT2D eigenvalue weighted by Crippen LogP contribution is 2.21. The molecular formula is C16H13N3O. The van der Waals surface area contributed by atoms with Crippen molar-refractivity contribution in [3.05, 3.63) is 66.4 Å². The third kappa shape index (κ3) is 2.23. The number of Topliss-reactive ketones (excluding diaryl/α,β-unsaturated/α-hetero) is 1. The summed E-state index contributed by atoms with van der Waals surface area (Å²) in [5, 5.41) is 8.10. The summed E-state index contributed by atoms with van der Waals surface area (Å²) in [6.07, 6.45) is 1.73. The summed E-state index contributed by atoms with van der Waals surface area (Å²) >= 11 is 0. The van der Waals surface area contributed by atoms with Gasteiger partial charge in [0.25, 0.3) is 0 Å². The van der Waals surface area contributed by atoms with Gasteiger partial charge in [-0.15, -0.1) is 5.10 Å². The van der Waals surface area contributed by atoms with Crippen LogP contribution in [-0.2, 0) is 0 Å². The van der Waals surface area contributed by atoms with Crippen LogP contribution in [0.2, 0.25) is 0 Å². The normalized spacial score (nSPS) is 10.4. The van der Waals surface area contributed by atoms with Crippen molar-refractivity contribution in [3.8, 4) is 16.9 Å². The summed E-state index contributed by atoms with van der Waals surface area (Å²) < 4.78 is 1.76. The summed E-state index contributed by atoms with van der Waals surface area (Å²) in [5.41, 5.74) is 3.54. The highest BCUT2D eigenvalue weighted by molar-refractivity contribution is 5.94. The zero-order valence-electron chi connectivity index (χ0n) is 11.0. The van der Waals surface area contributed by atoms with Crippen molar-refractivity contribution in [2.45, 2.75) is 6.92 Å². The van der Waals surface area contributed by atoms with Gasteiger partial charge in [0.1, 0.15) is 0 Å². The smallest absolute Gasteiger partial charge is 0.159 e. The molecule has 0 bridgehead atoms. The summed E-state index contributed by atoms with van der Waals surface area (Å²) in [4.78, 5) is 11.3. The quantitative estimate of drug-likeness (QED) is 0.682. The maximum absolute atomic E-state index is 11.3. The summed E-state index contributed by atoms with van der Waals surface area (Å²) in [6.45, 7) is 1.56. The molecule has 4 nitrogen and oxygen atoms in total. The topological polar surface area (TPSA) is 47.8 Å². The van der Waals surface area contributed by atoms with Gasteiger partial charge in [0.05, 0.1) is 17.6 Å². The van der Waals surface area contributed by atoms with Crippen LogP contribution in [0.5, 0.6) is 0 Å². The van der Waals surface area contributed by atoms with E-state index in [2.05, 4.69) is 10.3 Å². The van der Waals surface area contributed by atoms with Gasteiger partial charge in [-0.05, 0) is 31.2 Å². The Bertz CT molecular complexity index is 730. The number of hydrogen-bond acceptors (Lipinski definition) is 3. The Morgan fingerprint density at radius 2 is 1.70 bits per heavy atom. The summed E-state index contributed by atoms with van der Waals surface area (Å²) in [5.74, 6) is 0.0541. The second-order valence-corrected chi connectivity index (χ2v) is 4.50. The van der Waals surface area contributed by atoms with Crippen molar-refractivity contribution in [1.29, 1.82) is 0 Å². The molecule has 98 valence electrons. The Balaban J connectivity index is 2.04. The monoisotopic (exact) mass is 263 g/mol. The van der Waals surface area contributed by atoms with E-state index in [1.165, 1.54) is 0 Å². The molecule has 1 aromatic heterocycles. The van der Waals surface area contributed by atoms with E-state index in [4.69, 9.17) is 0 Å². The third-order valence-corrected chi connectivity index (χ3v) is 3.14. The lowest BCUT2D eigenvalue weighted by atomic mass is 10.1. The molecule has 0 saturated heterocycles. The standard InChI is InChI=1S/C16H13N3O/c1-12(20)13-7-9-15(10-8-13)19-16(11-17-18-19)14-5-3-2-4-6-14/h2-11H,1H3. The minimum atomic E-state index is 0.0541. The fourth-order valence-electron chi connectivity index (χ4n) is 2.07. The van der Waals surface area contributed by atoms with Gasteiger partial charge in [0.15, 0.2) is 5.78 Å². The van der Waals surface area contributed by atoms with Crippen molar-refractivity contribution >= 4 is 5.78 Å². The van der Waals surface area contributed by atoms with E-state index in [1.54, 1.807) is 29.9 Å². The Hall–Kier alpha value is -2.75. The minimum Gasteiger partial charge on any atom is -0.295 e. The second-order valence-electron chi connectivity index (χ2n) is 4.50. The molecule has 0 unspecified atom stereocenters. The van der Waals surface area contributed by atoms with Crippen LogP contribution >= 0.6 is 0 Å². The van der Waals surface area contributed by atoms with E-state index in [9.17, 15) is 4.79 Å². The molecular weight excluding hydrogens is 250 g/mol. The molecule has 0 aliphatic rings. The first-order valence-electron chi connectivity index (χ1n) is 6.33. The van der Waals surface area contributed by atoms with Crippen molar-refractivity contribution < 1.29 is 4.79 Å². The fraction of sp³-hybridized carbons (Fsp3) is 0.0625. The Morgan fingerprint density at radius 1 is 1.00 bits per heavy atom. The number of nitrogens with zero attached hydrogens (tertiary/aromatic N) is 3. The van der Waals surface area contributed by atoms with Gasteiger partial charge in [-0.2, -0.15) is 0 Å². The molecule has 3 rings (SSSR count). The third-order valence-electron chi connectivity index (χ3n) is 3.14. The van der Waals surface area contributed by atoms with Crippen molar-refractivity contribution in [2.75, 3.05) is 0 Å². The van der Waals surface area contributed by atoms with E-state index in [1.807, 2.05) is 42.5 Å². The number of hydrogen-bond donors (Lipinski definition) is 0. The maximum atomic E-state index is 11.3. The highest BCUT2D eigenvalue weighted by atomic mass is 16.1. The van der Waals surface area contributed by atoms with Crippen LogP contribution in [0.4, 0.5) is 0 Å². The number of rotatable bonds is 3. The second kappa shape index (κ2) is 5.09. The van der Waals surface area contributed by atoms with Crippen LogP contribution in [0.3, 0.4) is 0 Å². The number of benzene rings is 2. The van der Waals surface area contributed by atoms with Crippen LogP contribution in [-0.4, -0.2) is 20.8 Å². The predicted molar refractivity (Wildman–Crippen MR) is 76.8 cm³/mol. The molecule has 0 aliphatic heterocycles. The highest BCUT2D eigenvalue weighted by Gasteiger charge is 2.08. The first-order valence-corrected chi connectivity index (χ1v) is 6.33. The molecule has 20 heavy (non-hydrogen) atoms. The van der Waals surface area contributed by atoms with Gasteiger partial charge < -0.3 is 0 Å². The van der Waals surface area contributed by atoms with E-state index >= 15 is 0 Å². The molecule has 0 aliphatic carbocycles. The van der Waals surface area contributed by atoms with E-state index in [0.29, 0.717) is 5.56 Å². The van der Waals surface area contributed by atoms with Gasteiger partial charge in [0, 0.05) is 11.1 Å². The molecule has 1 heterocycles. The van der Waals surface area contributed by atoms with Crippen molar-refractivity contribution in [2.24, 2.45) is 0 Å². The lowest BCUT2D eigenvalue weighted by Crippen LogP contribution is -2.00. The van der Waals surface area contributed by atoms with Crippen molar-refractivity contribution in [3.63, 3.8) is 0 Å². The van der Waals surface area contributed by atoms with Crippen LogP contribution in [0, 0.1) is 0 Å². The molecule has 0 atom stereocenters. The molecule has 0 saturated carbocycles. The summed E-state index contributed by atoms with van der Waals surface area (Å²) in [7, 11) is 0. The summed E-state index contributed by atoms with van der Waals surface area (Å²) in [6, 6.07) is 17.3. The molecule has 0 spiro atoms. The molecule has 0 N–H and O–H groups in total. The van der Waals surface area contributed by atoms with Crippen LogP contribution in [0.15, 0.2) is 60.8 Å². The van der Waals surface area contributed by atoms with Gasteiger partial charge in [0.2, 0.25) is 0 Å². The number of aromatic nitrogens is 3. The van der Waals surface area contributed by atoms with E-state index in [0.717, 1.165) is 16.9 Å². The Labute approximate surface area is 116 Å². The minimum absolute atomic E-state index is 0.0541. The predicted octanol–water partition coefficient (Wildman–Crippen LogP) is 3.14. The lowest BCUT2D eigenvalue weighted by molar-refractivity contribution is 0.101. The van der Waals surface area contributed by atoms with E-state index < -0.39 is 0 Å². The average Bonchev–Trinajstić information content (AvgIpc) is 2.97. The van der Waals surface area contributed by atoms with Crippen LogP contribution in [0.25, 0.3) is 16.9 Å². The van der Waals surface area contributed by atoms with E-state index in [-0.39, 0.29) is 5.78 Å². The van der Waals surface area contributed by atoms with Crippen LogP contribution < -0.4 is 0 Å². The van der Waals surface area contributed by atoms with Gasteiger partial charge in [-0.1, -0.05) is 35.5 Å². The number of carbonyl (C=O) groups is 1. The Kier molecular flexibility index (Phi) is 3.13. The Morgan fingerprint density at radius 3 is 2.35 bits per heavy atom. The fourth-order valence-corrected chi connectivity index (χ4v) is 2.07. The first-order chi connectivity index (χ1) is 9.75. The maximum Gasteiger partial charge on any atom is 0.159 e. The molecule has 0 amide bonds. The largest absolute Gasteiger partial charge is 0.295 e. The lowest BCUT2D eigenvalue weighted by Gasteiger charge is -2.06. The SMILES string of the molecule is CC(=O)c1ccc(-n2nncc2-c2ccccc2)cc1. The number of ketones is 1. The average molecular weight is 263 g/mol. The van der Waals surface area contributed by atoms with Gasteiger partial charge in [-0.25, -0.2) is 4.68 Å². The molecule has 0 radical (unpaired) electrons. The number of carbonyl (C=O) groups excluding carboxylic acids is 1.